The molecule has 4 aromatic rings. The van der Waals surface area contributed by atoms with Crippen LogP contribution >= 0.6 is 22.9 Å². The van der Waals surface area contributed by atoms with E-state index in [4.69, 9.17) is 25.8 Å². The molecule has 0 aliphatic rings. The van der Waals surface area contributed by atoms with Crippen LogP contribution in [0.5, 0.6) is 11.5 Å². The Bertz CT molecular complexity index is 1340. The van der Waals surface area contributed by atoms with E-state index in [-0.39, 0.29) is 25.0 Å². The second kappa shape index (κ2) is 10.4. The van der Waals surface area contributed by atoms with E-state index >= 15 is 0 Å². The second-order valence-corrected chi connectivity index (χ2v) is 8.72. The van der Waals surface area contributed by atoms with Gasteiger partial charge in [-0.2, -0.15) is 0 Å². The molecular weight excluding hydrogens is 484 g/mol. The van der Waals surface area contributed by atoms with Crippen LogP contribution in [-0.2, 0) is 18.0 Å². The van der Waals surface area contributed by atoms with E-state index in [9.17, 15) is 13.6 Å². The Kier molecular flexibility index (Phi) is 7.29. The molecule has 0 bridgehead atoms. The number of halogens is 3. The van der Waals surface area contributed by atoms with Gasteiger partial charge in [-0.1, -0.05) is 11.6 Å². The molecule has 0 fully saturated rings. The van der Waals surface area contributed by atoms with Gasteiger partial charge in [0.2, 0.25) is 0 Å². The van der Waals surface area contributed by atoms with Crippen molar-refractivity contribution in [2.45, 2.75) is 27.1 Å². The van der Waals surface area contributed by atoms with Gasteiger partial charge in [-0.3, -0.25) is 0 Å². The van der Waals surface area contributed by atoms with Crippen LogP contribution in [0.1, 0.15) is 34.0 Å². The highest BCUT2D eigenvalue weighted by Gasteiger charge is 2.19. The Balaban J connectivity index is 1.51. The summed E-state index contributed by atoms with van der Waals surface area (Å²) in [4.78, 5) is 16.4. The molecule has 2 aromatic heterocycles. The van der Waals surface area contributed by atoms with Gasteiger partial charge in [0.15, 0.2) is 0 Å². The third-order valence-electron chi connectivity index (χ3n) is 4.87. The highest BCUT2D eigenvalue weighted by molar-refractivity contribution is 7.17. The molecule has 0 N–H and O–H groups in total. The smallest absolute Gasteiger partial charge is 0.341 e. The van der Waals surface area contributed by atoms with E-state index in [1.54, 1.807) is 19.1 Å². The predicted octanol–water partition coefficient (Wildman–Crippen LogP) is 6.87. The molecular formula is C25H20ClF2NO4S. The molecule has 2 aromatic carbocycles. The number of pyridine rings is 1. The summed E-state index contributed by atoms with van der Waals surface area (Å²) in [6.45, 7) is 4.07. The lowest BCUT2D eigenvalue weighted by Crippen LogP contribution is -2.05. The number of carbonyl (C=O) groups is 1. The van der Waals surface area contributed by atoms with Crippen molar-refractivity contribution in [2.75, 3.05) is 6.61 Å². The van der Waals surface area contributed by atoms with Gasteiger partial charge in [0.1, 0.15) is 41.5 Å². The molecule has 0 saturated carbocycles. The summed E-state index contributed by atoms with van der Waals surface area (Å²) >= 11 is 7.69. The van der Waals surface area contributed by atoms with Crippen LogP contribution in [0, 0.1) is 18.6 Å². The molecule has 2 heterocycles. The molecule has 0 spiro atoms. The van der Waals surface area contributed by atoms with E-state index in [0.29, 0.717) is 32.7 Å². The topological polar surface area (TPSA) is 57.7 Å². The first-order chi connectivity index (χ1) is 16.3. The van der Waals surface area contributed by atoms with Gasteiger partial charge in [-0.05, 0) is 54.6 Å². The van der Waals surface area contributed by atoms with E-state index in [1.165, 1.54) is 29.7 Å². The van der Waals surface area contributed by atoms with Gasteiger partial charge < -0.3 is 14.2 Å². The second-order valence-electron chi connectivity index (χ2n) is 7.49. The van der Waals surface area contributed by atoms with E-state index < -0.39 is 17.6 Å². The quantitative estimate of drug-likeness (QED) is 0.194. The van der Waals surface area contributed by atoms with Crippen molar-refractivity contribution in [1.82, 2.24) is 4.98 Å². The fourth-order valence-electron chi connectivity index (χ4n) is 3.43. The number of aromatic nitrogens is 1. The summed E-state index contributed by atoms with van der Waals surface area (Å²) < 4.78 is 44.3. The maximum atomic E-state index is 13.4. The summed E-state index contributed by atoms with van der Waals surface area (Å²) in [7, 11) is 0. The van der Waals surface area contributed by atoms with Crippen LogP contribution in [0.25, 0.3) is 10.1 Å². The molecule has 0 saturated heterocycles. The predicted molar refractivity (Wildman–Crippen MR) is 127 cm³/mol. The van der Waals surface area contributed by atoms with Gasteiger partial charge in [0.25, 0.3) is 0 Å². The summed E-state index contributed by atoms with van der Waals surface area (Å²) in [6.07, 6.45) is 1.42. The van der Waals surface area contributed by atoms with Crippen LogP contribution < -0.4 is 9.47 Å². The van der Waals surface area contributed by atoms with E-state index in [1.807, 2.05) is 18.4 Å². The van der Waals surface area contributed by atoms with Crippen molar-refractivity contribution >= 4 is 39.0 Å². The zero-order chi connectivity index (χ0) is 24.2. The summed E-state index contributed by atoms with van der Waals surface area (Å²) in [5.74, 6) is -0.725. The number of rotatable bonds is 8. The number of ether oxygens (including phenoxy) is 3. The summed E-state index contributed by atoms with van der Waals surface area (Å²) in [5, 5.41) is 2.79. The molecule has 4 rings (SSSR count). The van der Waals surface area contributed by atoms with E-state index in [2.05, 4.69) is 4.98 Å². The van der Waals surface area contributed by atoms with Crippen LogP contribution in [0.4, 0.5) is 8.78 Å². The number of esters is 1. The van der Waals surface area contributed by atoms with Crippen LogP contribution in [0.15, 0.2) is 48.0 Å². The Hall–Kier alpha value is -3.23. The molecule has 0 aliphatic heterocycles. The number of thiophene rings is 1. The van der Waals surface area contributed by atoms with Gasteiger partial charge in [-0.25, -0.2) is 18.6 Å². The minimum atomic E-state index is -0.658. The fourth-order valence-corrected chi connectivity index (χ4v) is 4.80. The average Bonchev–Trinajstić information content (AvgIpc) is 3.21. The molecule has 5 nitrogen and oxygen atoms in total. The summed E-state index contributed by atoms with van der Waals surface area (Å²) in [5.41, 5.74) is 2.41. The number of carbonyl (C=O) groups excluding carboxylic acids is 1. The number of hydrogen-bond donors (Lipinski definition) is 0. The molecule has 0 amide bonds. The number of fused-ring (bicyclic) bond motifs is 1. The average molecular weight is 504 g/mol. The molecule has 0 radical (unpaired) electrons. The zero-order valence-corrected chi connectivity index (χ0v) is 19.9. The van der Waals surface area contributed by atoms with Crippen molar-refractivity contribution in [3.63, 3.8) is 0 Å². The zero-order valence-electron chi connectivity index (χ0n) is 18.4. The third kappa shape index (κ3) is 5.46. The van der Waals surface area contributed by atoms with Crippen LogP contribution in [-0.4, -0.2) is 17.6 Å². The highest BCUT2D eigenvalue weighted by atomic mass is 35.5. The van der Waals surface area contributed by atoms with Gasteiger partial charge in [0.05, 0.1) is 16.9 Å². The molecule has 0 aliphatic carbocycles. The maximum absolute atomic E-state index is 13.4. The standard InChI is InChI=1S/C25H20ClF2NO4S/c1-3-31-25(30)21-10-29-24(26)22-16(13-34-23(21)22)12-33-20-5-14(2)4-19(9-20)32-11-15-6-17(27)8-18(28)7-15/h4-10,13H,3,11-12H2,1-2H3. The lowest BCUT2D eigenvalue weighted by Gasteiger charge is -2.12. The molecule has 176 valence electrons. The number of benzene rings is 2. The van der Waals surface area contributed by atoms with Crippen LogP contribution in [0.2, 0.25) is 5.15 Å². The lowest BCUT2D eigenvalue weighted by atomic mass is 10.1. The highest BCUT2D eigenvalue weighted by Crippen LogP contribution is 2.35. The minimum absolute atomic E-state index is 0.00462. The van der Waals surface area contributed by atoms with Crippen molar-refractivity contribution < 1.29 is 27.8 Å². The number of nitrogens with zero attached hydrogens (tertiary/aromatic N) is 1. The van der Waals surface area contributed by atoms with Crippen molar-refractivity contribution in [2.24, 2.45) is 0 Å². The van der Waals surface area contributed by atoms with Crippen LogP contribution in [0.3, 0.4) is 0 Å². The largest absolute Gasteiger partial charge is 0.489 e. The van der Waals surface area contributed by atoms with Gasteiger partial charge >= 0.3 is 5.97 Å². The normalized spacial score (nSPS) is 11.0. The van der Waals surface area contributed by atoms with Crippen molar-refractivity contribution in [3.05, 3.63) is 87.0 Å². The molecule has 0 atom stereocenters. The molecule has 9 heteroatoms. The Morgan fingerprint density at radius 1 is 1.03 bits per heavy atom. The summed E-state index contributed by atoms with van der Waals surface area (Å²) in [6, 6.07) is 8.59. The lowest BCUT2D eigenvalue weighted by molar-refractivity contribution is 0.0528. The SMILES string of the molecule is CCOC(=O)c1cnc(Cl)c2c(COc3cc(C)cc(OCc4cc(F)cc(F)c4)c3)csc12. The number of hydrogen-bond acceptors (Lipinski definition) is 6. The maximum Gasteiger partial charge on any atom is 0.341 e. The first kappa shape index (κ1) is 23.9. The first-order valence-electron chi connectivity index (χ1n) is 10.4. The van der Waals surface area contributed by atoms with E-state index in [0.717, 1.165) is 17.2 Å². The molecule has 34 heavy (non-hydrogen) atoms. The van der Waals surface area contributed by atoms with Crippen molar-refractivity contribution in [3.8, 4) is 11.5 Å². The Morgan fingerprint density at radius 2 is 1.71 bits per heavy atom. The first-order valence-corrected chi connectivity index (χ1v) is 11.6. The van der Waals surface area contributed by atoms with Gasteiger partial charge in [-0.15, -0.1) is 11.3 Å². The monoisotopic (exact) mass is 503 g/mol. The Morgan fingerprint density at radius 3 is 2.38 bits per heavy atom. The fraction of sp³-hybridized carbons (Fsp3) is 0.200. The van der Waals surface area contributed by atoms with Gasteiger partial charge in [0, 0.05) is 29.3 Å². The molecule has 0 unspecified atom stereocenters. The number of aryl methyl sites for hydroxylation is 1. The minimum Gasteiger partial charge on any atom is -0.489 e. The van der Waals surface area contributed by atoms with Crippen molar-refractivity contribution in [1.29, 1.82) is 0 Å². The third-order valence-corrected chi connectivity index (χ3v) is 6.22. The Labute approximate surface area is 203 Å².